The van der Waals surface area contributed by atoms with Crippen LogP contribution in [0, 0.1) is 0 Å². The smallest absolute Gasteiger partial charge is 0.308 e. The molecule has 164 valence electrons. The van der Waals surface area contributed by atoms with Gasteiger partial charge in [0.25, 0.3) is 5.56 Å². The fourth-order valence-electron chi connectivity index (χ4n) is 2.81. The minimum Gasteiger partial charge on any atom is -0.437 e. The molecule has 0 saturated heterocycles. The summed E-state index contributed by atoms with van der Waals surface area (Å²) in [6, 6.07) is 6.81. The molecule has 0 aliphatic carbocycles. The monoisotopic (exact) mass is 439 g/mol. The molecule has 0 spiro atoms. The van der Waals surface area contributed by atoms with Gasteiger partial charge in [-0.2, -0.15) is 4.98 Å². The van der Waals surface area contributed by atoms with Gasteiger partial charge in [0.15, 0.2) is 17.3 Å². The van der Waals surface area contributed by atoms with Crippen molar-refractivity contribution in [1.82, 2.24) is 4.98 Å². The normalized spacial score (nSPS) is 10.5. The molecule has 0 radical (unpaired) electrons. The Hall–Kier alpha value is -4.34. The number of carbonyl (C=O) groups excluding carboxylic acids is 4. The second kappa shape index (κ2) is 8.80. The molecule has 3 aromatic rings. The number of ketones is 1. The lowest BCUT2D eigenvalue weighted by molar-refractivity contribution is -0.135. The fourth-order valence-corrected chi connectivity index (χ4v) is 2.81. The molecule has 10 nitrogen and oxygen atoms in total. The summed E-state index contributed by atoms with van der Waals surface area (Å²) >= 11 is 0. The Balaban J connectivity index is 2.25. The molecule has 0 amide bonds. The van der Waals surface area contributed by atoms with Crippen LogP contribution in [0.4, 0.5) is 0 Å². The standard InChI is InChI=1S/C22H17NO9/c1-10(24)14-5-6-17-16(7-14)21(28)23-22(32-17)15-8-18(29-11(2)25)20(31-13(4)27)19(9-15)30-12(3)26/h5-9H,1-4H3. The highest BCUT2D eigenvalue weighted by Crippen LogP contribution is 2.42. The number of hydrogen-bond donors (Lipinski definition) is 0. The Bertz CT molecular complexity index is 1300. The number of Topliss-reactive ketones (excluding diaryl/α,β-unsaturated/α-hetero) is 1. The molecule has 1 heterocycles. The molecule has 0 saturated carbocycles. The summed E-state index contributed by atoms with van der Waals surface area (Å²) in [5, 5.41) is 0.0957. The van der Waals surface area contributed by atoms with Gasteiger partial charge in [0.05, 0.1) is 5.39 Å². The van der Waals surface area contributed by atoms with E-state index < -0.39 is 23.5 Å². The first-order valence-corrected chi connectivity index (χ1v) is 9.24. The molecule has 0 bridgehead atoms. The van der Waals surface area contributed by atoms with Gasteiger partial charge in [-0.05, 0) is 37.3 Å². The molecule has 0 atom stereocenters. The van der Waals surface area contributed by atoms with Gasteiger partial charge in [-0.1, -0.05) is 0 Å². The van der Waals surface area contributed by atoms with E-state index in [-0.39, 0.29) is 45.5 Å². The van der Waals surface area contributed by atoms with Crippen molar-refractivity contribution < 1.29 is 37.8 Å². The van der Waals surface area contributed by atoms with E-state index in [9.17, 15) is 24.0 Å². The molecule has 0 fully saturated rings. The molecule has 0 aliphatic heterocycles. The van der Waals surface area contributed by atoms with Gasteiger partial charge < -0.3 is 18.6 Å². The van der Waals surface area contributed by atoms with E-state index >= 15 is 0 Å². The van der Waals surface area contributed by atoms with Gasteiger partial charge in [0.2, 0.25) is 11.6 Å². The van der Waals surface area contributed by atoms with Crippen LogP contribution in [0.3, 0.4) is 0 Å². The van der Waals surface area contributed by atoms with E-state index in [0.717, 1.165) is 20.8 Å². The van der Waals surface area contributed by atoms with Crippen LogP contribution in [-0.2, 0) is 14.4 Å². The zero-order valence-electron chi connectivity index (χ0n) is 17.5. The maximum absolute atomic E-state index is 12.6. The molecular formula is C22H17NO9. The summed E-state index contributed by atoms with van der Waals surface area (Å²) in [6.07, 6.45) is 0. The molecule has 10 heteroatoms. The SMILES string of the molecule is CC(=O)Oc1cc(-c2nc(=O)c3cc(C(C)=O)ccc3o2)cc(OC(C)=O)c1OC(C)=O. The molecule has 32 heavy (non-hydrogen) atoms. The summed E-state index contributed by atoms with van der Waals surface area (Å²) in [4.78, 5) is 62.7. The van der Waals surface area contributed by atoms with Crippen molar-refractivity contribution in [3.8, 4) is 28.7 Å². The van der Waals surface area contributed by atoms with E-state index in [2.05, 4.69) is 4.98 Å². The van der Waals surface area contributed by atoms with Gasteiger partial charge in [-0.3, -0.25) is 24.0 Å². The van der Waals surface area contributed by atoms with Crippen molar-refractivity contribution in [1.29, 1.82) is 0 Å². The number of hydrogen-bond acceptors (Lipinski definition) is 10. The number of ether oxygens (including phenoxy) is 3. The highest BCUT2D eigenvalue weighted by atomic mass is 16.6. The number of carbonyl (C=O) groups is 4. The first kappa shape index (κ1) is 22.3. The van der Waals surface area contributed by atoms with Crippen LogP contribution < -0.4 is 19.8 Å². The minimum atomic E-state index is -0.754. The minimum absolute atomic E-state index is 0.0957. The zero-order chi connectivity index (χ0) is 23.6. The molecular weight excluding hydrogens is 422 g/mol. The summed E-state index contributed by atoms with van der Waals surface area (Å²) in [5.41, 5.74) is -0.101. The molecule has 0 aliphatic rings. The van der Waals surface area contributed by atoms with Crippen LogP contribution in [0.1, 0.15) is 38.1 Å². The Labute approximate surface area is 180 Å². The first-order valence-electron chi connectivity index (χ1n) is 9.24. The van der Waals surface area contributed by atoms with Gasteiger partial charge in [0, 0.05) is 31.9 Å². The maximum atomic E-state index is 12.6. The largest absolute Gasteiger partial charge is 0.437 e. The van der Waals surface area contributed by atoms with Crippen LogP contribution in [0.25, 0.3) is 22.4 Å². The topological polar surface area (TPSA) is 139 Å². The predicted molar refractivity (Wildman–Crippen MR) is 110 cm³/mol. The summed E-state index contributed by atoms with van der Waals surface area (Å²) in [6.45, 7) is 4.72. The molecule has 2 aromatic carbocycles. The Morgan fingerprint density at radius 1 is 0.812 bits per heavy atom. The second-order valence-corrected chi connectivity index (χ2v) is 6.67. The quantitative estimate of drug-likeness (QED) is 0.331. The lowest BCUT2D eigenvalue weighted by Gasteiger charge is -2.14. The highest BCUT2D eigenvalue weighted by molar-refractivity contribution is 5.97. The van der Waals surface area contributed by atoms with Gasteiger partial charge >= 0.3 is 17.9 Å². The number of esters is 3. The highest BCUT2D eigenvalue weighted by Gasteiger charge is 2.22. The Morgan fingerprint density at radius 3 is 1.88 bits per heavy atom. The van der Waals surface area contributed by atoms with Gasteiger partial charge in [0.1, 0.15) is 5.58 Å². The lowest BCUT2D eigenvalue weighted by atomic mass is 10.1. The van der Waals surface area contributed by atoms with Gasteiger partial charge in [-0.15, -0.1) is 0 Å². The maximum Gasteiger partial charge on any atom is 0.308 e. The molecule has 0 N–H and O–H groups in total. The van der Waals surface area contributed by atoms with E-state index in [1.54, 1.807) is 0 Å². The van der Waals surface area contributed by atoms with E-state index in [4.69, 9.17) is 18.6 Å². The van der Waals surface area contributed by atoms with Crippen molar-refractivity contribution in [2.24, 2.45) is 0 Å². The third-order valence-corrected chi connectivity index (χ3v) is 4.05. The average molecular weight is 439 g/mol. The van der Waals surface area contributed by atoms with Crippen molar-refractivity contribution in [2.75, 3.05) is 0 Å². The van der Waals surface area contributed by atoms with Crippen LogP contribution in [0.15, 0.2) is 39.5 Å². The molecule has 0 unspecified atom stereocenters. The number of aromatic nitrogens is 1. The number of fused-ring (bicyclic) bond motifs is 1. The van der Waals surface area contributed by atoms with Crippen LogP contribution in [-0.4, -0.2) is 28.7 Å². The predicted octanol–water partition coefficient (Wildman–Crippen LogP) is 2.83. The molecule has 1 aromatic heterocycles. The third-order valence-electron chi connectivity index (χ3n) is 4.05. The van der Waals surface area contributed by atoms with E-state index in [1.165, 1.54) is 37.3 Å². The van der Waals surface area contributed by atoms with Crippen LogP contribution >= 0.6 is 0 Å². The summed E-state index contributed by atoms with van der Waals surface area (Å²) in [5.74, 6) is -3.46. The van der Waals surface area contributed by atoms with E-state index in [0.29, 0.717) is 5.56 Å². The van der Waals surface area contributed by atoms with Crippen molar-refractivity contribution >= 4 is 34.7 Å². The lowest BCUT2D eigenvalue weighted by Crippen LogP contribution is -2.12. The average Bonchev–Trinajstić information content (AvgIpc) is 2.68. The Kier molecular flexibility index (Phi) is 6.15. The zero-order valence-corrected chi connectivity index (χ0v) is 17.5. The Morgan fingerprint density at radius 2 is 1.38 bits per heavy atom. The fraction of sp³-hybridized carbons (Fsp3) is 0.182. The van der Waals surface area contributed by atoms with E-state index in [1.807, 2.05) is 0 Å². The third kappa shape index (κ3) is 4.86. The van der Waals surface area contributed by atoms with Crippen LogP contribution in [0.2, 0.25) is 0 Å². The number of rotatable bonds is 5. The van der Waals surface area contributed by atoms with Gasteiger partial charge in [-0.25, -0.2) is 0 Å². The van der Waals surface area contributed by atoms with Crippen LogP contribution in [0.5, 0.6) is 17.2 Å². The van der Waals surface area contributed by atoms with Crippen molar-refractivity contribution in [3.05, 3.63) is 46.2 Å². The number of nitrogens with zero attached hydrogens (tertiary/aromatic N) is 1. The van der Waals surface area contributed by atoms with Crippen molar-refractivity contribution in [2.45, 2.75) is 27.7 Å². The summed E-state index contributed by atoms with van der Waals surface area (Å²) < 4.78 is 20.9. The second-order valence-electron chi connectivity index (χ2n) is 6.67. The molecule has 3 rings (SSSR count). The number of benzene rings is 2. The first-order chi connectivity index (χ1) is 15.0. The summed E-state index contributed by atoms with van der Waals surface area (Å²) in [7, 11) is 0. The van der Waals surface area contributed by atoms with Crippen molar-refractivity contribution in [3.63, 3.8) is 0 Å².